The molecule has 1 unspecified atom stereocenters. The van der Waals surface area contributed by atoms with Gasteiger partial charge in [-0.2, -0.15) is 5.10 Å². The molecular weight excluding hydrogens is 262 g/mol. The van der Waals surface area contributed by atoms with Crippen molar-refractivity contribution in [3.63, 3.8) is 0 Å². The molecule has 0 saturated carbocycles. The van der Waals surface area contributed by atoms with Gasteiger partial charge in [0.25, 0.3) is 0 Å². The molecule has 21 heavy (non-hydrogen) atoms. The maximum absolute atomic E-state index is 6.38. The van der Waals surface area contributed by atoms with Crippen LogP contribution in [0.25, 0.3) is 0 Å². The molecule has 114 valence electrons. The molecule has 0 spiro atoms. The Balaban J connectivity index is 2.19. The summed E-state index contributed by atoms with van der Waals surface area (Å²) in [5.74, 6) is 0.901. The van der Waals surface area contributed by atoms with Gasteiger partial charge in [-0.3, -0.25) is 4.68 Å². The Kier molecular flexibility index (Phi) is 5.02. The average molecular weight is 287 g/mol. The van der Waals surface area contributed by atoms with E-state index in [2.05, 4.69) is 35.8 Å². The second-order valence-electron chi connectivity index (χ2n) is 5.34. The number of benzene rings is 1. The molecule has 1 aromatic heterocycles. The lowest BCUT2D eigenvalue weighted by Gasteiger charge is -2.15. The number of ether oxygens (including phenoxy) is 1. The van der Waals surface area contributed by atoms with Crippen molar-refractivity contribution in [3.8, 4) is 5.75 Å². The third-order valence-corrected chi connectivity index (χ3v) is 3.85. The molecule has 0 aliphatic carbocycles. The van der Waals surface area contributed by atoms with E-state index in [9.17, 15) is 0 Å². The van der Waals surface area contributed by atoms with Gasteiger partial charge in [-0.1, -0.05) is 19.1 Å². The lowest BCUT2D eigenvalue weighted by atomic mass is 10.0. The Morgan fingerprint density at radius 2 is 2.05 bits per heavy atom. The van der Waals surface area contributed by atoms with E-state index in [0.29, 0.717) is 0 Å². The minimum absolute atomic E-state index is 0.0266. The highest BCUT2D eigenvalue weighted by Crippen LogP contribution is 2.23. The van der Waals surface area contributed by atoms with Crippen molar-refractivity contribution in [2.75, 3.05) is 7.11 Å². The van der Waals surface area contributed by atoms with E-state index in [4.69, 9.17) is 10.5 Å². The van der Waals surface area contributed by atoms with Crippen molar-refractivity contribution >= 4 is 0 Å². The van der Waals surface area contributed by atoms with Gasteiger partial charge in [0.15, 0.2) is 0 Å². The zero-order valence-corrected chi connectivity index (χ0v) is 13.4. The fraction of sp³-hybridized carbons (Fsp3) is 0.471. The van der Waals surface area contributed by atoms with Gasteiger partial charge >= 0.3 is 0 Å². The van der Waals surface area contributed by atoms with Crippen LogP contribution in [-0.4, -0.2) is 16.9 Å². The summed E-state index contributed by atoms with van der Waals surface area (Å²) in [6.07, 6.45) is 1.75. The van der Waals surface area contributed by atoms with Crippen molar-refractivity contribution in [1.29, 1.82) is 0 Å². The summed E-state index contributed by atoms with van der Waals surface area (Å²) in [6, 6.07) is 8.28. The van der Waals surface area contributed by atoms with Crippen LogP contribution >= 0.6 is 0 Å². The van der Waals surface area contributed by atoms with Crippen LogP contribution in [0.4, 0.5) is 0 Å². The summed E-state index contributed by atoms with van der Waals surface area (Å²) in [5.41, 5.74) is 11.0. The zero-order valence-electron chi connectivity index (χ0n) is 13.4. The first-order valence-electron chi connectivity index (χ1n) is 7.54. The molecule has 4 nitrogen and oxygen atoms in total. The molecule has 2 aromatic rings. The molecule has 0 aliphatic rings. The van der Waals surface area contributed by atoms with Crippen LogP contribution in [0.2, 0.25) is 0 Å². The fourth-order valence-electron chi connectivity index (χ4n) is 2.60. The summed E-state index contributed by atoms with van der Waals surface area (Å²) >= 11 is 0. The third-order valence-electron chi connectivity index (χ3n) is 3.85. The molecule has 1 aromatic carbocycles. The molecule has 2 N–H and O–H groups in total. The summed E-state index contributed by atoms with van der Waals surface area (Å²) in [5, 5.41) is 4.58. The molecule has 0 aliphatic heterocycles. The maximum Gasteiger partial charge on any atom is 0.121 e. The van der Waals surface area contributed by atoms with Gasteiger partial charge in [0.1, 0.15) is 5.75 Å². The van der Waals surface area contributed by atoms with Gasteiger partial charge in [0.2, 0.25) is 0 Å². The second-order valence-corrected chi connectivity index (χ2v) is 5.34. The molecule has 2 rings (SSSR count). The van der Waals surface area contributed by atoms with Crippen LogP contribution in [0.5, 0.6) is 5.75 Å². The Hall–Kier alpha value is -1.81. The average Bonchev–Trinajstić information content (AvgIpc) is 2.89. The minimum atomic E-state index is -0.0266. The van der Waals surface area contributed by atoms with E-state index in [0.717, 1.165) is 42.0 Å². The van der Waals surface area contributed by atoms with E-state index in [-0.39, 0.29) is 6.04 Å². The largest absolute Gasteiger partial charge is 0.496 e. The number of methoxy groups -OCH3 is 1. The van der Waals surface area contributed by atoms with Gasteiger partial charge in [-0.15, -0.1) is 0 Å². The number of hydrogen-bond acceptors (Lipinski definition) is 3. The topological polar surface area (TPSA) is 53.1 Å². The van der Waals surface area contributed by atoms with E-state index >= 15 is 0 Å². The van der Waals surface area contributed by atoms with E-state index < -0.39 is 0 Å². The van der Waals surface area contributed by atoms with Crippen molar-refractivity contribution in [2.24, 2.45) is 5.73 Å². The van der Waals surface area contributed by atoms with E-state index in [1.165, 1.54) is 5.69 Å². The van der Waals surface area contributed by atoms with Crippen LogP contribution in [0, 0.1) is 6.92 Å². The molecule has 0 radical (unpaired) electrons. The first-order chi connectivity index (χ1) is 10.1. The minimum Gasteiger partial charge on any atom is -0.496 e. The first-order valence-corrected chi connectivity index (χ1v) is 7.54. The number of nitrogens with zero attached hydrogens (tertiary/aromatic N) is 2. The molecule has 1 heterocycles. The molecule has 0 saturated heterocycles. The number of aromatic nitrogens is 2. The zero-order chi connectivity index (χ0) is 15.4. The van der Waals surface area contributed by atoms with Crippen molar-refractivity contribution < 1.29 is 4.74 Å². The number of nitrogens with two attached hydrogens (primary N) is 1. The lowest BCUT2D eigenvalue weighted by Crippen LogP contribution is -2.16. The molecule has 0 fully saturated rings. The normalized spacial score (nSPS) is 12.4. The highest BCUT2D eigenvalue weighted by molar-refractivity contribution is 5.37. The summed E-state index contributed by atoms with van der Waals surface area (Å²) in [7, 11) is 1.69. The van der Waals surface area contributed by atoms with Gasteiger partial charge in [-0.25, -0.2) is 0 Å². The van der Waals surface area contributed by atoms with Crippen LogP contribution in [-0.2, 0) is 19.4 Å². The summed E-state index contributed by atoms with van der Waals surface area (Å²) < 4.78 is 7.35. The Labute approximate surface area is 126 Å². The summed E-state index contributed by atoms with van der Waals surface area (Å²) in [4.78, 5) is 0. The van der Waals surface area contributed by atoms with Crippen LogP contribution in [0.1, 0.15) is 42.4 Å². The Morgan fingerprint density at radius 3 is 2.62 bits per heavy atom. The lowest BCUT2D eigenvalue weighted by molar-refractivity contribution is 0.411. The van der Waals surface area contributed by atoms with Gasteiger partial charge < -0.3 is 10.5 Å². The highest BCUT2D eigenvalue weighted by atomic mass is 16.5. The highest BCUT2D eigenvalue weighted by Gasteiger charge is 2.13. The van der Waals surface area contributed by atoms with E-state index in [1.54, 1.807) is 7.11 Å². The fourth-order valence-corrected chi connectivity index (χ4v) is 2.60. The monoisotopic (exact) mass is 287 g/mol. The smallest absolute Gasteiger partial charge is 0.121 e. The standard InChI is InChI=1S/C17H25N3O/c1-5-14-10-15(20(6-2)19-14)11-16(18)13-7-8-17(21-4)12(3)9-13/h7-10,16H,5-6,11,18H2,1-4H3. The number of hydrogen-bond donors (Lipinski definition) is 1. The van der Waals surface area contributed by atoms with Crippen LogP contribution < -0.4 is 10.5 Å². The molecular formula is C17H25N3O. The number of aryl methyl sites for hydroxylation is 3. The van der Waals surface area contributed by atoms with Crippen molar-refractivity contribution in [3.05, 3.63) is 46.8 Å². The van der Waals surface area contributed by atoms with Crippen molar-refractivity contribution in [2.45, 2.75) is 46.2 Å². The second kappa shape index (κ2) is 6.76. The predicted octanol–water partition coefficient (Wildman–Crippen LogP) is 3.02. The van der Waals surface area contributed by atoms with Gasteiger partial charge in [0, 0.05) is 24.7 Å². The molecule has 4 heteroatoms. The third kappa shape index (κ3) is 3.45. The number of rotatable bonds is 6. The van der Waals surface area contributed by atoms with E-state index in [1.807, 2.05) is 19.1 Å². The van der Waals surface area contributed by atoms with Crippen LogP contribution in [0.3, 0.4) is 0 Å². The predicted molar refractivity (Wildman–Crippen MR) is 85.6 cm³/mol. The molecule has 1 atom stereocenters. The summed E-state index contributed by atoms with van der Waals surface area (Å²) in [6.45, 7) is 7.15. The van der Waals surface area contributed by atoms with Gasteiger partial charge in [0.05, 0.1) is 12.8 Å². The first kappa shape index (κ1) is 15.6. The van der Waals surface area contributed by atoms with Crippen molar-refractivity contribution in [1.82, 2.24) is 9.78 Å². The van der Waals surface area contributed by atoms with Gasteiger partial charge in [-0.05, 0) is 43.5 Å². The van der Waals surface area contributed by atoms with Crippen LogP contribution in [0.15, 0.2) is 24.3 Å². The quantitative estimate of drug-likeness (QED) is 0.888. The SMILES string of the molecule is CCc1cc(CC(N)c2ccc(OC)c(C)c2)n(CC)n1. The molecule has 0 amide bonds. The Bertz CT molecular complexity index is 604. The maximum atomic E-state index is 6.38. The Morgan fingerprint density at radius 1 is 1.29 bits per heavy atom. The molecule has 0 bridgehead atoms.